The number of halogens is 3. The fourth-order valence-corrected chi connectivity index (χ4v) is 2.89. The maximum Gasteiger partial charge on any atom is 0.129 e. The quantitative estimate of drug-likeness (QED) is 0.875. The summed E-state index contributed by atoms with van der Waals surface area (Å²) in [7, 11) is 0. The van der Waals surface area contributed by atoms with Crippen molar-refractivity contribution >= 4 is 15.9 Å². The number of aliphatic hydroxyl groups is 1. The summed E-state index contributed by atoms with van der Waals surface area (Å²) in [4.78, 5) is 0. The largest absolute Gasteiger partial charge is 0.388 e. The van der Waals surface area contributed by atoms with Gasteiger partial charge in [-0.05, 0) is 41.8 Å². The highest BCUT2D eigenvalue weighted by Crippen LogP contribution is 2.34. The van der Waals surface area contributed by atoms with E-state index < -0.39 is 23.7 Å². The Labute approximate surface area is 130 Å². The molecule has 0 heterocycles. The van der Waals surface area contributed by atoms with Crippen LogP contribution in [0.1, 0.15) is 28.7 Å². The van der Waals surface area contributed by atoms with E-state index in [2.05, 4.69) is 15.9 Å². The molecule has 112 valence electrons. The van der Waals surface area contributed by atoms with Gasteiger partial charge in [-0.1, -0.05) is 28.1 Å². The van der Waals surface area contributed by atoms with Crippen LogP contribution in [0, 0.1) is 18.6 Å². The lowest BCUT2D eigenvalue weighted by Crippen LogP contribution is -2.22. The molecule has 21 heavy (non-hydrogen) atoms. The molecule has 2 rings (SSSR count). The van der Waals surface area contributed by atoms with Crippen molar-refractivity contribution in [2.45, 2.75) is 18.9 Å². The van der Waals surface area contributed by atoms with Crippen LogP contribution in [-0.2, 0) is 0 Å². The Morgan fingerprint density at radius 3 is 2.38 bits per heavy atom. The Balaban J connectivity index is 2.40. The van der Waals surface area contributed by atoms with Crippen LogP contribution in [-0.4, -0.2) is 11.7 Å². The van der Waals surface area contributed by atoms with E-state index in [0.29, 0.717) is 5.56 Å². The molecule has 0 aliphatic heterocycles. The lowest BCUT2D eigenvalue weighted by Gasteiger charge is -2.24. The number of hydrogen-bond acceptors (Lipinski definition) is 2. The highest BCUT2D eigenvalue weighted by atomic mass is 79.9. The van der Waals surface area contributed by atoms with E-state index in [0.717, 1.165) is 16.1 Å². The van der Waals surface area contributed by atoms with E-state index in [9.17, 15) is 13.9 Å². The first-order valence-corrected chi connectivity index (χ1v) is 7.32. The van der Waals surface area contributed by atoms with Crippen LogP contribution < -0.4 is 5.73 Å². The van der Waals surface area contributed by atoms with E-state index in [4.69, 9.17) is 5.73 Å². The second-order valence-electron chi connectivity index (χ2n) is 4.95. The smallest absolute Gasteiger partial charge is 0.129 e. The second-order valence-corrected chi connectivity index (χ2v) is 5.87. The summed E-state index contributed by atoms with van der Waals surface area (Å²) in [6, 6.07) is 8.75. The van der Waals surface area contributed by atoms with Gasteiger partial charge in [0.2, 0.25) is 0 Å². The molecule has 0 aliphatic carbocycles. The highest BCUT2D eigenvalue weighted by Gasteiger charge is 2.25. The van der Waals surface area contributed by atoms with Gasteiger partial charge in [-0.2, -0.15) is 0 Å². The lowest BCUT2D eigenvalue weighted by molar-refractivity contribution is 0.145. The Morgan fingerprint density at radius 1 is 1.14 bits per heavy atom. The first-order valence-electron chi connectivity index (χ1n) is 6.53. The third-order valence-electron chi connectivity index (χ3n) is 3.55. The maximum absolute atomic E-state index is 13.9. The zero-order valence-corrected chi connectivity index (χ0v) is 13.1. The molecule has 5 heteroatoms. The number of rotatable bonds is 4. The Bertz CT molecular complexity index is 648. The molecule has 0 aliphatic rings. The van der Waals surface area contributed by atoms with Gasteiger partial charge in [0.15, 0.2) is 0 Å². The predicted octanol–water partition coefficient (Wildman–Crippen LogP) is 3.81. The summed E-state index contributed by atoms with van der Waals surface area (Å²) < 4.78 is 27.8. The van der Waals surface area contributed by atoms with Gasteiger partial charge in [0.05, 0.1) is 6.10 Å². The van der Waals surface area contributed by atoms with Crippen molar-refractivity contribution in [2.75, 3.05) is 6.54 Å². The Morgan fingerprint density at radius 2 is 1.81 bits per heavy atom. The van der Waals surface area contributed by atoms with Crippen molar-refractivity contribution in [1.29, 1.82) is 0 Å². The highest BCUT2D eigenvalue weighted by molar-refractivity contribution is 9.10. The molecule has 2 atom stereocenters. The van der Waals surface area contributed by atoms with E-state index in [1.165, 1.54) is 12.1 Å². The summed E-state index contributed by atoms with van der Waals surface area (Å²) >= 11 is 3.36. The van der Waals surface area contributed by atoms with Crippen LogP contribution in [0.3, 0.4) is 0 Å². The van der Waals surface area contributed by atoms with Gasteiger partial charge in [0.25, 0.3) is 0 Å². The van der Waals surface area contributed by atoms with E-state index in [-0.39, 0.29) is 12.1 Å². The predicted molar refractivity (Wildman–Crippen MR) is 82.0 cm³/mol. The Kier molecular flexibility index (Phi) is 5.08. The summed E-state index contributed by atoms with van der Waals surface area (Å²) in [5.41, 5.74) is 7.47. The van der Waals surface area contributed by atoms with Crippen LogP contribution in [0.5, 0.6) is 0 Å². The molecule has 0 radical (unpaired) electrons. The first kappa shape index (κ1) is 16.1. The standard InChI is InChI=1S/C16H16BrF2NO/c1-9-6-10(17)2-4-12(9)16(21)14(8-20)13-5-3-11(18)7-15(13)19/h2-7,14,16,21H,8,20H2,1H3. The van der Waals surface area contributed by atoms with E-state index in [1.54, 1.807) is 12.1 Å². The fourth-order valence-electron chi connectivity index (χ4n) is 2.42. The average Bonchev–Trinajstić information content (AvgIpc) is 2.41. The van der Waals surface area contributed by atoms with Gasteiger partial charge >= 0.3 is 0 Å². The minimum absolute atomic E-state index is 0.0548. The minimum Gasteiger partial charge on any atom is -0.388 e. The van der Waals surface area contributed by atoms with Gasteiger partial charge in [-0.15, -0.1) is 0 Å². The first-order chi connectivity index (χ1) is 9.93. The molecule has 2 aromatic rings. The van der Waals surface area contributed by atoms with Gasteiger partial charge in [-0.25, -0.2) is 8.78 Å². The fraction of sp³-hybridized carbons (Fsp3) is 0.250. The van der Waals surface area contributed by atoms with Gasteiger partial charge < -0.3 is 10.8 Å². The monoisotopic (exact) mass is 355 g/mol. The molecule has 0 bridgehead atoms. The van der Waals surface area contributed by atoms with E-state index >= 15 is 0 Å². The second kappa shape index (κ2) is 6.64. The third-order valence-corrected chi connectivity index (χ3v) is 4.04. The van der Waals surface area contributed by atoms with Crippen molar-refractivity contribution in [3.8, 4) is 0 Å². The normalized spacial score (nSPS) is 14.0. The topological polar surface area (TPSA) is 46.2 Å². The van der Waals surface area contributed by atoms with Crippen molar-refractivity contribution in [3.05, 3.63) is 69.2 Å². The van der Waals surface area contributed by atoms with Crippen LogP contribution in [0.2, 0.25) is 0 Å². The molecule has 3 N–H and O–H groups in total. The van der Waals surface area contributed by atoms with E-state index in [1.807, 2.05) is 13.0 Å². The zero-order chi connectivity index (χ0) is 15.6. The van der Waals surface area contributed by atoms with Crippen molar-refractivity contribution in [3.63, 3.8) is 0 Å². The molecule has 2 aromatic carbocycles. The summed E-state index contributed by atoms with van der Waals surface area (Å²) in [5.74, 6) is -1.98. The van der Waals surface area contributed by atoms with Gasteiger partial charge in [0.1, 0.15) is 11.6 Å². The molecule has 2 nitrogen and oxygen atoms in total. The Hall–Kier alpha value is -1.30. The summed E-state index contributed by atoms with van der Waals surface area (Å²) in [6.07, 6.45) is -0.955. The van der Waals surface area contributed by atoms with Crippen molar-refractivity contribution in [1.82, 2.24) is 0 Å². The van der Waals surface area contributed by atoms with Gasteiger partial charge in [0, 0.05) is 23.0 Å². The number of aliphatic hydroxyl groups excluding tert-OH is 1. The number of aryl methyl sites for hydroxylation is 1. The summed E-state index contributed by atoms with van der Waals surface area (Å²) in [5, 5.41) is 10.5. The molecule has 0 saturated carbocycles. The molecule has 0 aromatic heterocycles. The third kappa shape index (κ3) is 3.48. The molecule has 0 spiro atoms. The molecular formula is C16H16BrF2NO. The number of nitrogens with two attached hydrogens (primary N) is 1. The molecule has 0 amide bonds. The van der Waals surface area contributed by atoms with Crippen molar-refractivity contribution < 1.29 is 13.9 Å². The number of benzene rings is 2. The molecule has 2 unspecified atom stereocenters. The van der Waals surface area contributed by atoms with Gasteiger partial charge in [-0.3, -0.25) is 0 Å². The number of hydrogen-bond donors (Lipinski definition) is 2. The maximum atomic E-state index is 13.9. The molecular weight excluding hydrogens is 340 g/mol. The molecule has 0 saturated heterocycles. The van der Waals surface area contributed by atoms with Crippen LogP contribution in [0.25, 0.3) is 0 Å². The minimum atomic E-state index is -0.955. The molecule has 0 fully saturated rings. The van der Waals surface area contributed by atoms with Crippen LogP contribution in [0.4, 0.5) is 8.78 Å². The SMILES string of the molecule is Cc1cc(Br)ccc1C(O)C(CN)c1ccc(F)cc1F. The van der Waals surface area contributed by atoms with Crippen LogP contribution in [0.15, 0.2) is 40.9 Å². The van der Waals surface area contributed by atoms with Crippen molar-refractivity contribution in [2.24, 2.45) is 5.73 Å². The zero-order valence-electron chi connectivity index (χ0n) is 11.5. The lowest BCUT2D eigenvalue weighted by atomic mass is 9.87. The summed E-state index contributed by atoms with van der Waals surface area (Å²) in [6.45, 7) is 1.91. The van der Waals surface area contributed by atoms with Crippen LogP contribution >= 0.6 is 15.9 Å². The average molecular weight is 356 g/mol.